The predicted molar refractivity (Wildman–Crippen MR) is 78.3 cm³/mol. The summed E-state index contributed by atoms with van der Waals surface area (Å²) in [5.74, 6) is -0.555. The molecule has 0 bridgehead atoms. The summed E-state index contributed by atoms with van der Waals surface area (Å²) in [6.45, 7) is 3.38. The lowest BCUT2D eigenvalue weighted by Crippen LogP contribution is -2.40. The maximum absolute atomic E-state index is 11.9. The van der Waals surface area contributed by atoms with Gasteiger partial charge < -0.3 is 20.5 Å². The zero-order chi connectivity index (χ0) is 15.2. The van der Waals surface area contributed by atoms with E-state index in [1.54, 1.807) is 24.3 Å². The number of carboxylic acid groups (broad SMARTS) is 1. The average Bonchev–Trinajstić information content (AvgIpc) is 2.91. The fraction of sp³-hybridized carbons (Fsp3) is 0.467. The van der Waals surface area contributed by atoms with E-state index in [9.17, 15) is 9.59 Å². The van der Waals surface area contributed by atoms with Crippen LogP contribution >= 0.6 is 0 Å². The quantitative estimate of drug-likeness (QED) is 0.773. The zero-order valence-electron chi connectivity index (χ0n) is 12.0. The molecule has 2 amide bonds. The molecule has 1 aliphatic rings. The lowest BCUT2D eigenvalue weighted by Gasteiger charge is -2.19. The van der Waals surface area contributed by atoms with Gasteiger partial charge in [0.05, 0.1) is 13.0 Å². The molecule has 0 aliphatic carbocycles. The Bertz CT molecular complexity index is 512. The van der Waals surface area contributed by atoms with Crippen molar-refractivity contribution in [1.82, 2.24) is 5.32 Å². The zero-order valence-corrected chi connectivity index (χ0v) is 12.0. The van der Waals surface area contributed by atoms with E-state index in [1.807, 2.05) is 6.92 Å². The first-order valence-electron chi connectivity index (χ1n) is 7.00. The molecule has 1 aromatic carbocycles. The normalized spacial score (nSPS) is 19.0. The summed E-state index contributed by atoms with van der Waals surface area (Å²) in [7, 11) is 0. The number of ether oxygens (including phenoxy) is 1. The number of urea groups is 1. The summed E-state index contributed by atoms with van der Waals surface area (Å²) in [4.78, 5) is 22.6. The van der Waals surface area contributed by atoms with Crippen molar-refractivity contribution in [3.63, 3.8) is 0 Å². The lowest BCUT2D eigenvalue weighted by atomic mass is 10.0. The lowest BCUT2D eigenvalue weighted by molar-refractivity contribution is -0.136. The summed E-state index contributed by atoms with van der Waals surface area (Å²) in [6.07, 6.45) is 0.891. The fourth-order valence-corrected chi connectivity index (χ4v) is 2.37. The Morgan fingerprint density at radius 3 is 2.95 bits per heavy atom. The van der Waals surface area contributed by atoms with E-state index in [2.05, 4.69) is 10.6 Å². The molecule has 0 saturated carbocycles. The molecule has 2 rings (SSSR count). The van der Waals surface area contributed by atoms with Gasteiger partial charge in [-0.1, -0.05) is 12.1 Å². The number of carbonyl (C=O) groups excluding carboxylic acids is 1. The summed E-state index contributed by atoms with van der Waals surface area (Å²) in [5.41, 5.74) is 1.23. The highest BCUT2D eigenvalue weighted by molar-refractivity contribution is 5.89. The van der Waals surface area contributed by atoms with Crippen LogP contribution in [0.3, 0.4) is 0 Å². The highest BCUT2D eigenvalue weighted by atomic mass is 16.5. The number of nitrogens with one attached hydrogen (secondary N) is 2. The second kappa shape index (κ2) is 7.08. The van der Waals surface area contributed by atoms with Crippen molar-refractivity contribution in [2.24, 2.45) is 5.92 Å². The Balaban J connectivity index is 1.88. The van der Waals surface area contributed by atoms with Crippen LogP contribution < -0.4 is 10.6 Å². The monoisotopic (exact) mass is 292 g/mol. The summed E-state index contributed by atoms with van der Waals surface area (Å²) >= 11 is 0. The fourth-order valence-electron chi connectivity index (χ4n) is 2.37. The standard InChI is InChI=1S/C15H20N2O4/c1-10(12-5-6-21-9-12)16-15(20)17-13-4-2-3-11(7-13)8-14(18)19/h2-4,7,10,12H,5-6,8-9H2,1H3,(H,18,19)(H2,16,17,20). The van der Waals surface area contributed by atoms with Gasteiger partial charge in [-0.25, -0.2) is 4.79 Å². The molecule has 114 valence electrons. The number of carboxylic acids is 1. The average molecular weight is 292 g/mol. The molecule has 3 N–H and O–H groups in total. The number of rotatable bonds is 5. The van der Waals surface area contributed by atoms with Gasteiger partial charge in [0.25, 0.3) is 0 Å². The first-order valence-corrected chi connectivity index (χ1v) is 7.00. The number of hydrogen-bond acceptors (Lipinski definition) is 3. The van der Waals surface area contributed by atoms with Crippen molar-refractivity contribution in [2.45, 2.75) is 25.8 Å². The molecule has 1 aliphatic heterocycles. The number of carbonyl (C=O) groups is 2. The molecule has 0 aromatic heterocycles. The number of hydrogen-bond donors (Lipinski definition) is 3. The van der Waals surface area contributed by atoms with Crippen molar-refractivity contribution in [3.05, 3.63) is 29.8 Å². The molecule has 2 atom stereocenters. The van der Waals surface area contributed by atoms with Crippen LogP contribution in [0.4, 0.5) is 10.5 Å². The molecule has 1 saturated heterocycles. The highest BCUT2D eigenvalue weighted by Crippen LogP contribution is 2.17. The molecular weight excluding hydrogens is 272 g/mol. The number of benzene rings is 1. The van der Waals surface area contributed by atoms with Crippen LogP contribution in [-0.2, 0) is 16.0 Å². The molecular formula is C15H20N2O4. The Labute approximate surface area is 123 Å². The molecule has 6 nitrogen and oxygen atoms in total. The van der Waals surface area contributed by atoms with Crippen LogP contribution in [0, 0.1) is 5.92 Å². The second-order valence-corrected chi connectivity index (χ2v) is 5.28. The van der Waals surface area contributed by atoms with Gasteiger partial charge in [0.2, 0.25) is 0 Å². The molecule has 1 heterocycles. The van der Waals surface area contributed by atoms with E-state index in [1.165, 1.54) is 0 Å². The van der Waals surface area contributed by atoms with Gasteiger partial charge in [0, 0.05) is 24.3 Å². The molecule has 0 spiro atoms. The second-order valence-electron chi connectivity index (χ2n) is 5.28. The van der Waals surface area contributed by atoms with Gasteiger partial charge in [-0.3, -0.25) is 4.79 Å². The topological polar surface area (TPSA) is 87.7 Å². The van der Waals surface area contributed by atoms with E-state index >= 15 is 0 Å². The molecule has 1 fully saturated rings. The maximum Gasteiger partial charge on any atom is 0.319 e. The maximum atomic E-state index is 11.9. The molecule has 0 radical (unpaired) electrons. The van der Waals surface area contributed by atoms with E-state index in [-0.39, 0.29) is 18.5 Å². The Kier molecular flexibility index (Phi) is 5.16. The van der Waals surface area contributed by atoms with Gasteiger partial charge in [-0.2, -0.15) is 0 Å². The molecule has 2 unspecified atom stereocenters. The van der Waals surface area contributed by atoms with Crippen molar-refractivity contribution >= 4 is 17.7 Å². The first kappa shape index (κ1) is 15.3. The molecule has 6 heteroatoms. The third-order valence-electron chi connectivity index (χ3n) is 3.57. The van der Waals surface area contributed by atoms with Crippen LogP contribution in [0.2, 0.25) is 0 Å². The van der Waals surface area contributed by atoms with E-state index in [0.29, 0.717) is 23.8 Å². The third-order valence-corrected chi connectivity index (χ3v) is 3.57. The number of aliphatic carboxylic acids is 1. The van der Waals surface area contributed by atoms with E-state index in [4.69, 9.17) is 9.84 Å². The van der Waals surface area contributed by atoms with Gasteiger partial charge in [0.1, 0.15) is 0 Å². The summed E-state index contributed by atoms with van der Waals surface area (Å²) in [5, 5.41) is 14.4. The number of amides is 2. The van der Waals surface area contributed by atoms with E-state index in [0.717, 1.165) is 13.0 Å². The minimum atomic E-state index is -0.897. The summed E-state index contributed by atoms with van der Waals surface area (Å²) < 4.78 is 5.30. The van der Waals surface area contributed by atoms with Crippen LogP contribution in [0.1, 0.15) is 18.9 Å². The summed E-state index contributed by atoms with van der Waals surface area (Å²) in [6, 6.07) is 6.58. The Morgan fingerprint density at radius 2 is 2.29 bits per heavy atom. The van der Waals surface area contributed by atoms with Crippen molar-refractivity contribution in [2.75, 3.05) is 18.5 Å². The SMILES string of the molecule is CC(NC(=O)Nc1cccc(CC(=O)O)c1)C1CCOC1. The van der Waals surface area contributed by atoms with Gasteiger partial charge >= 0.3 is 12.0 Å². The van der Waals surface area contributed by atoms with Crippen molar-refractivity contribution in [3.8, 4) is 0 Å². The van der Waals surface area contributed by atoms with E-state index < -0.39 is 5.97 Å². The minimum Gasteiger partial charge on any atom is -0.481 e. The minimum absolute atomic E-state index is 0.0368. The number of anilines is 1. The van der Waals surface area contributed by atoms with Crippen LogP contribution in [0.5, 0.6) is 0 Å². The van der Waals surface area contributed by atoms with Crippen molar-refractivity contribution < 1.29 is 19.4 Å². The Hall–Kier alpha value is -2.08. The van der Waals surface area contributed by atoms with Gasteiger partial charge in [0.15, 0.2) is 0 Å². The van der Waals surface area contributed by atoms with Crippen LogP contribution in [0.15, 0.2) is 24.3 Å². The predicted octanol–water partition coefficient (Wildman–Crippen LogP) is 1.86. The van der Waals surface area contributed by atoms with Crippen LogP contribution in [-0.4, -0.2) is 36.4 Å². The largest absolute Gasteiger partial charge is 0.481 e. The molecule has 1 aromatic rings. The highest BCUT2D eigenvalue weighted by Gasteiger charge is 2.23. The van der Waals surface area contributed by atoms with Gasteiger partial charge in [-0.15, -0.1) is 0 Å². The smallest absolute Gasteiger partial charge is 0.319 e. The third kappa shape index (κ3) is 4.75. The molecule has 21 heavy (non-hydrogen) atoms. The van der Waals surface area contributed by atoms with Gasteiger partial charge in [-0.05, 0) is 31.0 Å². The van der Waals surface area contributed by atoms with Crippen LogP contribution in [0.25, 0.3) is 0 Å². The van der Waals surface area contributed by atoms with Crippen molar-refractivity contribution in [1.29, 1.82) is 0 Å². The Morgan fingerprint density at radius 1 is 1.48 bits per heavy atom. The first-order chi connectivity index (χ1) is 10.0.